The average Bonchev–Trinajstić information content (AvgIpc) is 3.54. The summed E-state index contributed by atoms with van der Waals surface area (Å²) in [6, 6.07) is 29.3. The number of hydrogen-bond donors (Lipinski definition) is 2. The molecule has 8 heteroatoms. The highest BCUT2D eigenvalue weighted by atomic mass is 35.5. The van der Waals surface area contributed by atoms with Crippen LogP contribution in [0.4, 0.5) is 16.2 Å². The second-order valence-electron chi connectivity index (χ2n) is 11.6. The fourth-order valence-electron chi connectivity index (χ4n) is 6.02. The molecule has 2 amide bonds. The van der Waals surface area contributed by atoms with Crippen molar-refractivity contribution in [2.24, 2.45) is 5.92 Å². The van der Waals surface area contributed by atoms with Crippen molar-refractivity contribution >= 4 is 35.0 Å². The molecule has 6 rings (SSSR count). The number of hydrogen-bond acceptors (Lipinski definition) is 4. The van der Waals surface area contributed by atoms with Gasteiger partial charge in [-0.05, 0) is 84.3 Å². The first-order valence-corrected chi connectivity index (χ1v) is 15.7. The summed E-state index contributed by atoms with van der Waals surface area (Å²) in [5, 5.41) is 12.4. The normalized spacial score (nSPS) is 16.1. The van der Waals surface area contributed by atoms with Crippen molar-refractivity contribution in [2.45, 2.75) is 27.2 Å². The third kappa shape index (κ3) is 7.67. The molecule has 0 spiro atoms. The molecule has 0 bridgehead atoms. The van der Waals surface area contributed by atoms with Crippen LogP contribution in [0.1, 0.15) is 23.1 Å². The van der Waals surface area contributed by atoms with Crippen molar-refractivity contribution in [3.63, 3.8) is 0 Å². The molecule has 2 fully saturated rings. The highest BCUT2D eigenvalue weighted by Gasteiger charge is 2.31. The molecular weight excluding hydrogens is 586 g/mol. The van der Waals surface area contributed by atoms with Gasteiger partial charge < -0.3 is 25.0 Å². The first kappa shape index (κ1) is 32.1. The molecule has 1 atom stereocenters. The zero-order valence-electron chi connectivity index (χ0n) is 26.1. The Morgan fingerprint density at radius 1 is 0.800 bits per heavy atom. The minimum absolute atomic E-state index is 0.172. The third-order valence-corrected chi connectivity index (χ3v) is 8.82. The van der Waals surface area contributed by atoms with Crippen molar-refractivity contribution in [1.82, 2.24) is 4.90 Å². The molecule has 2 heterocycles. The summed E-state index contributed by atoms with van der Waals surface area (Å²) in [6.07, 6.45) is -0.444. The first-order valence-electron chi connectivity index (χ1n) is 15.4. The SMILES string of the molecule is Cc1ccccc1-c1cccc(C)c1-c1ccccc1C.O=C(Nc1ccc(N2CCOCC2)c(Cl)c1)[C@@H]1CCN(C(=O)O)C1. The van der Waals surface area contributed by atoms with Crippen LogP contribution in [0.15, 0.2) is 84.9 Å². The molecule has 2 aliphatic rings. The Kier molecular flexibility index (Phi) is 10.4. The van der Waals surface area contributed by atoms with Gasteiger partial charge in [0.2, 0.25) is 5.91 Å². The molecule has 234 valence electrons. The lowest BCUT2D eigenvalue weighted by atomic mass is 9.87. The molecule has 0 unspecified atom stereocenters. The first-order chi connectivity index (χ1) is 21.7. The zero-order valence-corrected chi connectivity index (χ0v) is 26.8. The summed E-state index contributed by atoms with van der Waals surface area (Å²) < 4.78 is 5.33. The van der Waals surface area contributed by atoms with E-state index in [9.17, 15) is 9.59 Å². The van der Waals surface area contributed by atoms with Crippen molar-refractivity contribution in [2.75, 3.05) is 49.6 Å². The Labute approximate surface area is 270 Å². The number of carboxylic acid groups (broad SMARTS) is 1. The highest BCUT2D eigenvalue weighted by molar-refractivity contribution is 6.33. The van der Waals surface area contributed by atoms with Crippen molar-refractivity contribution in [3.05, 3.63) is 107 Å². The van der Waals surface area contributed by atoms with Gasteiger partial charge in [0.25, 0.3) is 0 Å². The van der Waals surface area contributed by atoms with Crippen LogP contribution in [0.5, 0.6) is 0 Å². The lowest BCUT2D eigenvalue weighted by Gasteiger charge is -2.29. The third-order valence-electron chi connectivity index (χ3n) is 8.52. The quantitative estimate of drug-likeness (QED) is 0.234. The van der Waals surface area contributed by atoms with Crippen LogP contribution in [0.3, 0.4) is 0 Å². The van der Waals surface area contributed by atoms with Gasteiger partial charge >= 0.3 is 6.09 Å². The molecule has 2 aliphatic heterocycles. The van der Waals surface area contributed by atoms with Gasteiger partial charge in [-0.25, -0.2) is 4.79 Å². The van der Waals surface area contributed by atoms with Crippen LogP contribution in [0, 0.1) is 26.7 Å². The minimum Gasteiger partial charge on any atom is -0.465 e. The number of benzene rings is 4. The van der Waals surface area contributed by atoms with Gasteiger partial charge in [0.15, 0.2) is 0 Å². The van der Waals surface area contributed by atoms with E-state index >= 15 is 0 Å². The van der Waals surface area contributed by atoms with E-state index in [1.54, 1.807) is 6.07 Å². The number of likely N-dealkylation sites (tertiary alicyclic amines) is 1. The number of aryl methyl sites for hydroxylation is 3. The number of carbonyl (C=O) groups excluding carboxylic acids is 1. The number of nitrogens with zero attached hydrogens (tertiary/aromatic N) is 2. The molecular formula is C37H40ClN3O4. The summed E-state index contributed by atoms with van der Waals surface area (Å²) in [6.45, 7) is 10.1. The average molecular weight is 626 g/mol. The molecule has 0 radical (unpaired) electrons. The van der Waals surface area contributed by atoms with Gasteiger partial charge in [-0.15, -0.1) is 0 Å². The largest absolute Gasteiger partial charge is 0.465 e. The van der Waals surface area contributed by atoms with Gasteiger partial charge in [0.05, 0.1) is 29.8 Å². The summed E-state index contributed by atoms with van der Waals surface area (Å²) in [5.74, 6) is -0.493. The second kappa shape index (κ2) is 14.6. The van der Waals surface area contributed by atoms with E-state index in [1.807, 2.05) is 12.1 Å². The number of anilines is 2. The molecule has 4 aromatic carbocycles. The van der Waals surface area contributed by atoms with E-state index < -0.39 is 6.09 Å². The molecule has 45 heavy (non-hydrogen) atoms. The lowest BCUT2D eigenvalue weighted by Crippen LogP contribution is -2.36. The fourth-order valence-corrected chi connectivity index (χ4v) is 6.32. The Morgan fingerprint density at radius 2 is 1.42 bits per heavy atom. The lowest BCUT2D eigenvalue weighted by molar-refractivity contribution is -0.119. The van der Waals surface area contributed by atoms with Gasteiger partial charge in [-0.3, -0.25) is 4.79 Å². The van der Waals surface area contributed by atoms with E-state index in [4.69, 9.17) is 21.4 Å². The van der Waals surface area contributed by atoms with Crippen LogP contribution < -0.4 is 10.2 Å². The Bertz CT molecular complexity index is 1670. The smallest absolute Gasteiger partial charge is 0.407 e. The number of amides is 2. The number of carbonyl (C=O) groups is 2. The van der Waals surface area contributed by atoms with E-state index in [0.29, 0.717) is 36.9 Å². The molecule has 0 aromatic heterocycles. The Hall–Kier alpha value is -4.33. The maximum atomic E-state index is 12.3. The zero-order chi connectivity index (χ0) is 31.9. The van der Waals surface area contributed by atoms with Crippen molar-refractivity contribution in [3.8, 4) is 22.3 Å². The monoisotopic (exact) mass is 625 g/mol. The molecule has 7 nitrogen and oxygen atoms in total. The van der Waals surface area contributed by atoms with E-state index in [-0.39, 0.29) is 18.4 Å². The standard InChI is InChI=1S/C21H20.C16H20ClN3O4/c1-15-9-4-6-12-18(15)20-14-8-11-17(3)21(20)19-13-7-5-10-16(19)2;17-13-9-12(1-2-14(13)19-5-7-24-8-6-19)18-15(21)11-3-4-20(10-11)16(22)23/h4-14H,1-3H3;1-2,9,11H,3-8,10H2,(H,18,21)(H,22,23)/t;11-/m.1/s1. The predicted octanol–water partition coefficient (Wildman–Crippen LogP) is 8.06. The number of halogens is 1. The number of nitrogens with one attached hydrogen (secondary N) is 1. The maximum absolute atomic E-state index is 12.3. The summed E-state index contributed by atoms with van der Waals surface area (Å²) in [5.41, 5.74) is 10.8. The second-order valence-corrected chi connectivity index (χ2v) is 12.0. The van der Waals surface area contributed by atoms with Crippen LogP contribution >= 0.6 is 11.6 Å². The highest BCUT2D eigenvalue weighted by Crippen LogP contribution is 2.37. The van der Waals surface area contributed by atoms with Gasteiger partial charge in [-0.1, -0.05) is 78.3 Å². The van der Waals surface area contributed by atoms with E-state index in [0.717, 1.165) is 18.8 Å². The van der Waals surface area contributed by atoms with Crippen molar-refractivity contribution < 1.29 is 19.4 Å². The van der Waals surface area contributed by atoms with Crippen LogP contribution in [0.2, 0.25) is 5.02 Å². The Morgan fingerprint density at radius 3 is 2.04 bits per heavy atom. The number of morpholine rings is 1. The van der Waals surface area contributed by atoms with Gasteiger partial charge in [0.1, 0.15) is 0 Å². The predicted molar refractivity (Wildman–Crippen MR) is 182 cm³/mol. The van der Waals surface area contributed by atoms with Crippen LogP contribution in [-0.4, -0.2) is 61.4 Å². The minimum atomic E-state index is -0.983. The summed E-state index contributed by atoms with van der Waals surface area (Å²) in [7, 11) is 0. The topological polar surface area (TPSA) is 82.1 Å². The summed E-state index contributed by atoms with van der Waals surface area (Å²) in [4.78, 5) is 26.6. The molecule has 0 saturated carbocycles. The fraction of sp³-hybridized carbons (Fsp3) is 0.297. The number of ether oxygens (including phenoxy) is 1. The van der Waals surface area contributed by atoms with Crippen LogP contribution in [0.25, 0.3) is 22.3 Å². The van der Waals surface area contributed by atoms with E-state index in [1.165, 1.54) is 43.8 Å². The molecule has 2 saturated heterocycles. The number of rotatable bonds is 5. The molecule has 4 aromatic rings. The van der Waals surface area contributed by atoms with Gasteiger partial charge in [0, 0.05) is 31.9 Å². The van der Waals surface area contributed by atoms with Crippen LogP contribution in [-0.2, 0) is 9.53 Å². The van der Waals surface area contributed by atoms with E-state index in [2.05, 4.69) is 97.7 Å². The van der Waals surface area contributed by atoms with Crippen molar-refractivity contribution in [1.29, 1.82) is 0 Å². The maximum Gasteiger partial charge on any atom is 0.407 e. The Balaban J connectivity index is 0.000000179. The summed E-state index contributed by atoms with van der Waals surface area (Å²) >= 11 is 6.35. The van der Waals surface area contributed by atoms with Gasteiger partial charge in [-0.2, -0.15) is 0 Å². The molecule has 0 aliphatic carbocycles. The molecule has 2 N–H and O–H groups in total.